The van der Waals surface area contributed by atoms with E-state index in [9.17, 15) is 9.59 Å². The van der Waals surface area contributed by atoms with Crippen molar-refractivity contribution in [2.75, 3.05) is 38.7 Å². The van der Waals surface area contributed by atoms with E-state index in [0.29, 0.717) is 23.7 Å². The molecule has 0 atom stereocenters. The van der Waals surface area contributed by atoms with Crippen molar-refractivity contribution in [2.45, 2.75) is 6.92 Å². The number of methoxy groups -OCH3 is 1. The van der Waals surface area contributed by atoms with Gasteiger partial charge in [-0.1, -0.05) is 30.3 Å². The monoisotopic (exact) mass is 452 g/mol. The first-order chi connectivity index (χ1) is 14.8. The second kappa shape index (κ2) is 13.9. The van der Waals surface area contributed by atoms with Crippen LogP contribution in [0.15, 0.2) is 35.7 Å². The third kappa shape index (κ3) is 8.95. The average Bonchev–Trinajstić information content (AvgIpc) is 3.16. The van der Waals surface area contributed by atoms with Crippen molar-refractivity contribution < 1.29 is 38.9 Å². The van der Waals surface area contributed by atoms with E-state index in [-0.39, 0.29) is 19.1 Å². The van der Waals surface area contributed by atoms with Crippen molar-refractivity contribution in [1.82, 2.24) is 5.32 Å². The summed E-state index contributed by atoms with van der Waals surface area (Å²) in [6.45, 7) is 3.27. The van der Waals surface area contributed by atoms with Crippen LogP contribution < -0.4 is 10.6 Å². The lowest BCUT2D eigenvalue weighted by atomic mass is 10.0. The fourth-order valence-corrected chi connectivity index (χ4v) is 3.21. The number of hydrogen-bond acceptors (Lipinski definition) is 8. The lowest BCUT2D eigenvalue weighted by Crippen LogP contribution is -2.30. The number of hydrogen-bond donors (Lipinski definition) is 4. The van der Waals surface area contributed by atoms with Gasteiger partial charge in [-0.2, -0.15) is 0 Å². The van der Waals surface area contributed by atoms with Crippen LogP contribution in [-0.4, -0.2) is 67.4 Å². The molecule has 1 heterocycles. The fraction of sp³-hybridized carbons (Fsp3) is 0.300. The maximum atomic E-state index is 12.4. The van der Waals surface area contributed by atoms with Crippen LogP contribution in [0.1, 0.15) is 17.3 Å². The molecular formula is C20H24N2O8S. The first kappa shape index (κ1) is 25.8. The number of nitrogens with one attached hydrogen (secondary N) is 2. The molecule has 0 saturated carbocycles. The maximum Gasteiger partial charge on any atom is 0.414 e. The number of ether oxygens (including phenoxy) is 2. The van der Waals surface area contributed by atoms with Crippen LogP contribution in [0.2, 0.25) is 0 Å². The lowest BCUT2D eigenvalue weighted by Gasteiger charge is -2.09. The first-order valence-electron chi connectivity index (χ1n) is 9.11. The molecule has 0 aliphatic carbocycles. The van der Waals surface area contributed by atoms with E-state index in [0.717, 1.165) is 11.1 Å². The topological polar surface area (TPSA) is 151 Å². The molecule has 0 saturated heterocycles. The van der Waals surface area contributed by atoms with E-state index in [1.54, 1.807) is 14.0 Å². The zero-order valence-corrected chi connectivity index (χ0v) is 17.9. The zero-order chi connectivity index (χ0) is 23.2. The molecule has 0 bridgehead atoms. The molecular weight excluding hydrogens is 428 g/mol. The minimum Gasteiger partial charge on any atom is -0.473 e. The number of esters is 1. The predicted octanol–water partition coefficient (Wildman–Crippen LogP) is 1.92. The van der Waals surface area contributed by atoms with Crippen molar-refractivity contribution in [2.24, 2.45) is 0 Å². The summed E-state index contributed by atoms with van der Waals surface area (Å²) in [5.41, 5.74) is 2.05. The Bertz CT molecular complexity index is 871. The van der Waals surface area contributed by atoms with Crippen molar-refractivity contribution in [3.8, 4) is 11.1 Å². The van der Waals surface area contributed by atoms with Crippen LogP contribution in [0.4, 0.5) is 5.00 Å². The highest BCUT2D eigenvalue weighted by Gasteiger charge is 2.22. The standard InChI is InChI=1S/C18H22N2O4S.C2H2O4/c1-3-24-18(22)16-14(13-7-5-4-6-8-13)12-25-17(16)20-15(21)11-19-9-10-23-2;3-1(4)2(5)6/h4-8,12,19H,3,9-11H2,1-2H3,(H,20,21);(H,3,4)(H,5,6). The summed E-state index contributed by atoms with van der Waals surface area (Å²) in [5.74, 6) is -4.31. The smallest absolute Gasteiger partial charge is 0.414 e. The number of rotatable bonds is 9. The Kier molecular flexibility index (Phi) is 11.5. The molecule has 0 spiro atoms. The number of carboxylic acids is 2. The van der Waals surface area contributed by atoms with Gasteiger partial charge < -0.3 is 30.3 Å². The van der Waals surface area contributed by atoms with E-state index in [1.165, 1.54) is 11.3 Å². The molecule has 168 valence electrons. The number of anilines is 1. The molecule has 0 fully saturated rings. The van der Waals surface area contributed by atoms with Gasteiger partial charge in [0, 0.05) is 24.6 Å². The molecule has 10 nitrogen and oxygen atoms in total. The third-order valence-corrected chi connectivity index (χ3v) is 4.46. The zero-order valence-electron chi connectivity index (χ0n) is 17.0. The lowest BCUT2D eigenvalue weighted by molar-refractivity contribution is -0.159. The van der Waals surface area contributed by atoms with Gasteiger partial charge in [0.2, 0.25) is 5.91 Å². The number of amides is 1. The van der Waals surface area contributed by atoms with E-state index >= 15 is 0 Å². The van der Waals surface area contributed by atoms with Gasteiger partial charge in [0.1, 0.15) is 10.6 Å². The molecule has 0 unspecified atom stereocenters. The Morgan fingerprint density at radius 2 is 1.71 bits per heavy atom. The quantitative estimate of drug-likeness (QED) is 0.254. The van der Waals surface area contributed by atoms with E-state index < -0.39 is 17.9 Å². The van der Waals surface area contributed by atoms with Crippen LogP contribution in [0, 0.1) is 0 Å². The number of thiophene rings is 1. The van der Waals surface area contributed by atoms with Gasteiger partial charge in [-0.15, -0.1) is 11.3 Å². The van der Waals surface area contributed by atoms with Gasteiger partial charge in [-0.05, 0) is 12.5 Å². The number of carbonyl (C=O) groups excluding carboxylic acids is 2. The van der Waals surface area contributed by atoms with Crippen LogP contribution >= 0.6 is 11.3 Å². The third-order valence-electron chi connectivity index (χ3n) is 3.56. The molecule has 2 aromatic rings. The molecule has 31 heavy (non-hydrogen) atoms. The highest BCUT2D eigenvalue weighted by atomic mass is 32.1. The summed E-state index contributed by atoms with van der Waals surface area (Å²) < 4.78 is 10.1. The van der Waals surface area contributed by atoms with Crippen molar-refractivity contribution in [1.29, 1.82) is 0 Å². The van der Waals surface area contributed by atoms with Gasteiger partial charge in [0.05, 0.1) is 19.8 Å². The van der Waals surface area contributed by atoms with Gasteiger partial charge in [0.25, 0.3) is 0 Å². The summed E-state index contributed by atoms with van der Waals surface area (Å²) in [4.78, 5) is 42.7. The Balaban J connectivity index is 0.000000703. The first-order valence-corrected chi connectivity index (χ1v) is 9.99. The molecule has 4 N–H and O–H groups in total. The summed E-state index contributed by atoms with van der Waals surface area (Å²) in [6.07, 6.45) is 0. The SMILES string of the molecule is CCOC(=O)c1c(-c2ccccc2)csc1NC(=O)CNCCOC.O=C(O)C(=O)O. The summed E-state index contributed by atoms with van der Waals surface area (Å²) in [7, 11) is 1.60. The summed E-state index contributed by atoms with van der Waals surface area (Å²) in [5, 5.41) is 22.9. The Labute approximate surface area is 182 Å². The van der Waals surface area contributed by atoms with Crippen molar-refractivity contribution >= 4 is 40.2 Å². The second-order valence-corrected chi connectivity index (χ2v) is 6.65. The number of carbonyl (C=O) groups is 4. The summed E-state index contributed by atoms with van der Waals surface area (Å²) in [6, 6.07) is 9.56. The van der Waals surface area contributed by atoms with E-state index in [1.807, 2.05) is 35.7 Å². The minimum absolute atomic E-state index is 0.143. The van der Waals surface area contributed by atoms with Gasteiger partial charge in [-0.3, -0.25) is 4.79 Å². The Morgan fingerprint density at radius 3 is 2.26 bits per heavy atom. The highest BCUT2D eigenvalue weighted by Crippen LogP contribution is 2.36. The van der Waals surface area contributed by atoms with Crippen LogP contribution in [-0.2, 0) is 23.9 Å². The Hall–Kier alpha value is -3.28. The second-order valence-electron chi connectivity index (χ2n) is 5.77. The highest BCUT2D eigenvalue weighted by molar-refractivity contribution is 7.15. The normalized spacial score (nSPS) is 9.87. The Morgan fingerprint density at radius 1 is 1.06 bits per heavy atom. The van der Waals surface area contributed by atoms with Gasteiger partial charge in [0.15, 0.2) is 0 Å². The molecule has 0 aliphatic rings. The fourth-order valence-electron chi connectivity index (χ4n) is 2.23. The number of aliphatic carboxylic acids is 2. The summed E-state index contributed by atoms with van der Waals surface area (Å²) >= 11 is 1.31. The molecule has 0 radical (unpaired) electrons. The minimum atomic E-state index is -1.82. The van der Waals surface area contributed by atoms with Crippen LogP contribution in [0.5, 0.6) is 0 Å². The molecule has 0 aliphatic heterocycles. The number of benzene rings is 1. The molecule has 2 rings (SSSR count). The van der Waals surface area contributed by atoms with Crippen LogP contribution in [0.25, 0.3) is 11.1 Å². The molecule has 1 amide bonds. The number of carboxylic acid groups (broad SMARTS) is 2. The maximum absolute atomic E-state index is 12.4. The van der Waals surface area contributed by atoms with Gasteiger partial charge in [-0.25, -0.2) is 14.4 Å². The van der Waals surface area contributed by atoms with E-state index in [2.05, 4.69) is 10.6 Å². The average molecular weight is 452 g/mol. The predicted molar refractivity (Wildman–Crippen MR) is 114 cm³/mol. The molecule has 11 heteroatoms. The van der Waals surface area contributed by atoms with Gasteiger partial charge >= 0.3 is 17.9 Å². The van der Waals surface area contributed by atoms with Crippen molar-refractivity contribution in [3.63, 3.8) is 0 Å². The van der Waals surface area contributed by atoms with Crippen molar-refractivity contribution in [3.05, 3.63) is 41.3 Å². The largest absolute Gasteiger partial charge is 0.473 e. The van der Waals surface area contributed by atoms with Crippen LogP contribution in [0.3, 0.4) is 0 Å². The van der Waals surface area contributed by atoms with E-state index in [4.69, 9.17) is 29.3 Å². The molecule has 1 aromatic carbocycles. The molecule has 1 aromatic heterocycles.